The van der Waals surface area contributed by atoms with Gasteiger partial charge in [0.2, 0.25) is 5.91 Å². The van der Waals surface area contributed by atoms with Crippen LogP contribution < -0.4 is 4.90 Å². The molecule has 0 aliphatic heterocycles. The van der Waals surface area contributed by atoms with Gasteiger partial charge in [-0.05, 0) is 30.1 Å². The number of carbonyl (C=O) groups excluding carboxylic acids is 1. The van der Waals surface area contributed by atoms with E-state index in [9.17, 15) is 4.79 Å². The smallest absolute Gasteiger partial charge is 0.241 e. The molecule has 0 bridgehead atoms. The Balaban J connectivity index is 2.05. The number of hydrogen-bond donors (Lipinski definition) is 0. The van der Waals surface area contributed by atoms with Gasteiger partial charge in [0.05, 0.1) is 19.0 Å². The molecule has 0 saturated carbocycles. The average Bonchev–Trinajstić information content (AvgIpc) is 3.08. The summed E-state index contributed by atoms with van der Waals surface area (Å²) in [7, 11) is 0. The van der Waals surface area contributed by atoms with Crippen molar-refractivity contribution in [2.75, 3.05) is 24.5 Å². The fourth-order valence-corrected chi connectivity index (χ4v) is 3.09. The lowest BCUT2D eigenvalue weighted by Gasteiger charge is -2.26. The van der Waals surface area contributed by atoms with Gasteiger partial charge in [0.1, 0.15) is 0 Å². The summed E-state index contributed by atoms with van der Waals surface area (Å²) in [5.74, 6) is 0.0323. The van der Waals surface area contributed by atoms with Crippen molar-refractivity contribution in [1.82, 2.24) is 4.90 Å². The van der Waals surface area contributed by atoms with Crippen LogP contribution in [0.5, 0.6) is 0 Å². The van der Waals surface area contributed by atoms with Gasteiger partial charge in [-0.2, -0.15) is 5.26 Å². The molecule has 2 rings (SSSR count). The van der Waals surface area contributed by atoms with Crippen LogP contribution in [0.3, 0.4) is 0 Å². The molecular formula is C18H21N3OS. The quantitative estimate of drug-likeness (QED) is 0.745. The van der Waals surface area contributed by atoms with E-state index in [1.165, 1.54) is 4.88 Å². The Morgan fingerprint density at radius 3 is 2.61 bits per heavy atom. The Kier molecular flexibility index (Phi) is 6.79. The third-order valence-corrected chi connectivity index (χ3v) is 4.44. The second-order valence-electron chi connectivity index (χ2n) is 5.17. The molecule has 0 radical (unpaired) electrons. The SMILES string of the molecule is CCN(CC(=O)N(CCC#N)c1ccccc1)Cc1cccs1. The van der Waals surface area contributed by atoms with E-state index in [1.54, 1.807) is 16.2 Å². The highest BCUT2D eigenvalue weighted by Gasteiger charge is 2.18. The molecule has 1 aromatic heterocycles. The first-order chi connectivity index (χ1) is 11.2. The highest BCUT2D eigenvalue weighted by atomic mass is 32.1. The molecule has 2 aromatic rings. The van der Waals surface area contributed by atoms with Crippen LogP contribution in [0.15, 0.2) is 47.8 Å². The molecule has 0 atom stereocenters. The minimum atomic E-state index is 0.0323. The number of thiophene rings is 1. The van der Waals surface area contributed by atoms with Crippen LogP contribution in [0, 0.1) is 11.3 Å². The predicted octanol–water partition coefficient (Wildman–Crippen LogP) is 3.52. The van der Waals surface area contributed by atoms with E-state index in [-0.39, 0.29) is 5.91 Å². The number of likely N-dealkylation sites (N-methyl/N-ethyl adjacent to an activating group) is 1. The number of benzene rings is 1. The number of anilines is 1. The van der Waals surface area contributed by atoms with Crippen LogP contribution in [0.25, 0.3) is 0 Å². The fourth-order valence-electron chi connectivity index (χ4n) is 2.35. The van der Waals surface area contributed by atoms with E-state index in [0.717, 1.165) is 18.8 Å². The van der Waals surface area contributed by atoms with Gasteiger partial charge in [-0.15, -0.1) is 11.3 Å². The van der Waals surface area contributed by atoms with Gasteiger partial charge in [-0.25, -0.2) is 0 Å². The molecule has 120 valence electrons. The van der Waals surface area contributed by atoms with Crippen molar-refractivity contribution in [3.8, 4) is 6.07 Å². The first kappa shape index (κ1) is 17.2. The number of amides is 1. The summed E-state index contributed by atoms with van der Waals surface area (Å²) in [6, 6.07) is 15.8. The summed E-state index contributed by atoms with van der Waals surface area (Å²) in [6.07, 6.45) is 0.331. The predicted molar refractivity (Wildman–Crippen MR) is 94.3 cm³/mol. The van der Waals surface area contributed by atoms with Gasteiger partial charge >= 0.3 is 0 Å². The second kappa shape index (κ2) is 9.09. The van der Waals surface area contributed by atoms with Crippen molar-refractivity contribution in [2.45, 2.75) is 19.9 Å². The summed E-state index contributed by atoms with van der Waals surface area (Å²) in [4.78, 5) is 17.8. The van der Waals surface area contributed by atoms with Crippen molar-refractivity contribution in [3.05, 3.63) is 52.7 Å². The zero-order chi connectivity index (χ0) is 16.5. The lowest BCUT2D eigenvalue weighted by molar-refractivity contribution is -0.119. The van der Waals surface area contributed by atoms with E-state index in [4.69, 9.17) is 5.26 Å². The van der Waals surface area contributed by atoms with Gasteiger partial charge in [-0.1, -0.05) is 31.2 Å². The van der Waals surface area contributed by atoms with E-state index in [1.807, 2.05) is 41.8 Å². The molecule has 5 heteroatoms. The number of rotatable bonds is 8. The van der Waals surface area contributed by atoms with Gasteiger partial charge in [0, 0.05) is 23.7 Å². The highest BCUT2D eigenvalue weighted by molar-refractivity contribution is 7.09. The van der Waals surface area contributed by atoms with Crippen molar-refractivity contribution in [1.29, 1.82) is 5.26 Å². The maximum atomic E-state index is 12.7. The van der Waals surface area contributed by atoms with E-state index < -0.39 is 0 Å². The molecule has 0 aliphatic rings. The standard InChI is InChI=1S/C18H21N3OS/c1-2-20(14-17-10-6-13-23-17)15-18(22)21(12-7-11-19)16-8-4-3-5-9-16/h3-6,8-10,13H,2,7,12,14-15H2,1H3. The topological polar surface area (TPSA) is 47.3 Å². The van der Waals surface area contributed by atoms with Crippen LogP contribution in [0.2, 0.25) is 0 Å². The van der Waals surface area contributed by atoms with Crippen molar-refractivity contribution in [2.24, 2.45) is 0 Å². The Morgan fingerprint density at radius 2 is 2.00 bits per heavy atom. The van der Waals surface area contributed by atoms with E-state index in [2.05, 4.69) is 24.0 Å². The normalized spacial score (nSPS) is 10.5. The van der Waals surface area contributed by atoms with Gasteiger partial charge in [0.25, 0.3) is 0 Å². The maximum Gasteiger partial charge on any atom is 0.241 e. The molecule has 0 unspecified atom stereocenters. The molecule has 1 amide bonds. The Hall–Kier alpha value is -2.16. The summed E-state index contributed by atoms with van der Waals surface area (Å²) < 4.78 is 0. The largest absolute Gasteiger partial charge is 0.310 e. The Bertz CT molecular complexity index is 634. The molecule has 23 heavy (non-hydrogen) atoms. The van der Waals surface area contributed by atoms with Gasteiger partial charge in [-0.3, -0.25) is 9.69 Å². The van der Waals surface area contributed by atoms with E-state index in [0.29, 0.717) is 19.5 Å². The number of hydrogen-bond acceptors (Lipinski definition) is 4. The molecule has 0 aliphatic carbocycles. The number of nitrogens with zero attached hydrogens (tertiary/aromatic N) is 3. The number of nitriles is 1. The van der Waals surface area contributed by atoms with Crippen LogP contribution in [0.4, 0.5) is 5.69 Å². The first-order valence-electron chi connectivity index (χ1n) is 7.71. The van der Waals surface area contributed by atoms with Crippen LogP contribution in [-0.2, 0) is 11.3 Å². The van der Waals surface area contributed by atoms with Crippen molar-refractivity contribution >= 4 is 22.9 Å². The van der Waals surface area contributed by atoms with Crippen LogP contribution in [0.1, 0.15) is 18.2 Å². The number of carbonyl (C=O) groups is 1. The molecule has 4 nitrogen and oxygen atoms in total. The molecule has 0 saturated heterocycles. The molecule has 0 N–H and O–H groups in total. The zero-order valence-corrected chi connectivity index (χ0v) is 14.1. The van der Waals surface area contributed by atoms with E-state index >= 15 is 0 Å². The monoisotopic (exact) mass is 327 g/mol. The molecule has 1 aromatic carbocycles. The first-order valence-corrected chi connectivity index (χ1v) is 8.59. The summed E-state index contributed by atoms with van der Waals surface area (Å²) in [5.41, 5.74) is 0.847. The van der Waals surface area contributed by atoms with Crippen molar-refractivity contribution in [3.63, 3.8) is 0 Å². The summed E-state index contributed by atoms with van der Waals surface area (Å²) >= 11 is 1.70. The Morgan fingerprint density at radius 1 is 1.22 bits per heavy atom. The zero-order valence-electron chi connectivity index (χ0n) is 13.3. The fraction of sp³-hybridized carbons (Fsp3) is 0.333. The summed E-state index contributed by atoms with van der Waals surface area (Å²) in [6.45, 7) is 4.43. The molecule has 1 heterocycles. The lowest BCUT2D eigenvalue weighted by Crippen LogP contribution is -2.40. The number of para-hydroxylation sites is 1. The third-order valence-electron chi connectivity index (χ3n) is 3.58. The van der Waals surface area contributed by atoms with Crippen LogP contribution >= 0.6 is 11.3 Å². The molecular weight excluding hydrogens is 306 g/mol. The molecule has 0 spiro atoms. The van der Waals surface area contributed by atoms with Gasteiger partial charge in [0.15, 0.2) is 0 Å². The third kappa shape index (κ3) is 5.20. The van der Waals surface area contributed by atoms with Crippen molar-refractivity contribution < 1.29 is 4.79 Å². The average molecular weight is 327 g/mol. The minimum Gasteiger partial charge on any atom is -0.310 e. The highest BCUT2D eigenvalue weighted by Crippen LogP contribution is 2.16. The summed E-state index contributed by atoms with van der Waals surface area (Å²) in [5, 5.41) is 10.9. The molecule has 0 fully saturated rings. The van der Waals surface area contributed by atoms with Gasteiger partial charge < -0.3 is 4.90 Å². The lowest BCUT2D eigenvalue weighted by atomic mass is 10.2. The minimum absolute atomic E-state index is 0.0323. The van der Waals surface area contributed by atoms with Crippen LogP contribution in [-0.4, -0.2) is 30.4 Å². The second-order valence-corrected chi connectivity index (χ2v) is 6.20. The Labute approximate surface area is 141 Å². The maximum absolute atomic E-state index is 12.7.